The van der Waals surface area contributed by atoms with Crippen LogP contribution >= 0.6 is 0 Å². The Balaban J connectivity index is 1.65. The van der Waals surface area contributed by atoms with Gasteiger partial charge >= 0.3 is 0 Å². The fourth-order valence-corrected chi connectivity index (χ4v) is 3.54. The summed E-state index contributed by atoms with van der Waals surface area (Å²) in [5.41, 5.74) is 0.471. The van der Waals surface area contributed by atoms with E-state index in [2.05, 4.69) is 5.32 Å². The van der Waals surface area contributed by atoms with E-state index in [1.807, 2.05) is 18.2 Å². The summed E-state index contributed by atoms with van der Waals surface area (Å²) in [4.78, 5) is 49.6. The molecule has 10 nitrogen and oxygen atoms in total. The fraction of sp³-hybridized carbons (Fsp3) is 0.150. The van der Waals surface area contributed by atoms with Crippen LogP contribution in [0.15, 0.2) is 53.3 Å². The molecular weight excluding hydrogens is 390 g/mol. The van der Waals surface area contributed by atoms with Gasteiger partial charge in [0.15, 0.2) is 0 Å². The van der Waals surface area contributed by atoms with Gasteiger partial charge in [0.2, 0.25) is 0 Å². The summed E-state index contributed by atoms with van der Waals surface area (Å²) in [6.45, 7) is 1.44. The number of fused-ring (bicyclic) bond motifs is 1. The first-order valence-corrected chi connectivity index (χ1v) is 9.04. The maximum absolute atomic E-state index is 12.9. The van der Waals surface area contributed by atoms with Gasteiger partial charge in [0.25, 0.3) is 23.1 Å². The molecule has 0 fully saturated rings. The lowest BCUT2D eigenvalue weighted by molar-refractivity contribution is -0.385. The molecule has 0 saturated heterocycles. The average Bonchev–Trinajstić information content (AvgIpc) is 3.11. The van der Waals surface area contributed by atoms with E-state index in [1.165, 1.54) is 22.9 Å². The topological polar surface area (TPSA) is 119 Å². The Bertz CT molecular complexity index is 1260. The van der Waals surface area contributed by atoms with Gasteiger partial charge in [-0.15, -0.1) is 0 Å². The number of anilines is 1. The Morgan fingerprint density at radius 1 is 1.00 bits per heavy atom. The van der Waals surface area contributed by atoms with Gasteiger partial charge in [-0.1, -0.05) is 24.3 Å². The monoisotopic (exact) mass is 407 g/mol. The molecule has 0 aliphatic carbocycles. The maximum atomic E-state index is 12.9. The molecule has 2 heterocycles. The second kappa shape index (κ2) is 6.99. The summed E-state index contributed by atoms with van der Waals surface area (Å²) in [5, 5.41) is 14.1. The number of rotatable bonds is 5. The minimum absolute atomic E-state index is 0.0255. The third-order valence-electron chi connectivity index (χ3n) is 5.14. The fourth-order valence-electron chi connectivity index (χ4n) is 3.54. The van der Waals surface area contributed by atoms with Crippen molar-refractivity contribution in [3.8, 4) is 5.69 Å². The number of benzene rings is 2. The first-order chi connectivity index (χ1) is 14.3. The maximum Gasteiger partial charge on any atom is 0.295 e. The summed E-state index contributed by atoms with van der Waals surface area (Å²) >= 11 is 0. The molecule has 0 spiro atoms. The number of hydrogen-bond acceptors (Lipinski definition) is 6. The molecule has 152 valence electrons. The lowest BCUT2D eigenvalue weighted by Gasteiger charge is -2.14. The molecule has 30 heavy (non-hydrogen) atoms. The molecular formula is C20H17N5O5. The van der Waals surface area contributed by atoms with Crippen LogP contribution in [-0.2, 0) is 7.05 Å². The Hall–Kier alpha value is -4.21. The van der Waals surface area contributed by atoms with Gasteiger partial charge < -0.3 is 5.32 Å². The van der Waals surface area contributed by atoms with Crippen LogP contribution in [0.25, 0.3) is 5.69 Å². The summed E-state index contributed by atoms with van der Waals surface area (Å²) in [5.74, 6) is -1.42. The molecule has 10 heteroatoms. The van der Waals surface area contributed by atoms with Crippen molar-refractivity contribution in [2.24, 2.45) is 7.05 Å². The smallest absolute Gasteiger partial charge is 0.295 e. The Morgan fingerprint density at radius 3 is 2.37 bits per heavy atom. The molecule has 2 amide bonds. The van der Waals surface area contributed by atoms with Crippen LogP contribution in [0.4, 0.5) is 11.4 Å². The largest absolute Gasteiger partial charge is 0.361 e. The number of hydrogen-bond donors (Lipinski definition) is 1. The van der Waals surface area contributed by atoms with E-state index in [1.54, 1.807) is 30.8 Å². The highest BCUT2D eigenvalue weighted by Crippen LogP contribution is 2.30. The Kier molecular flexibility index (Phi) is 4.46. The summed E-state index contributed by atoms with van der Waals surface area (Å²) in [6.07, 6.45) is 0. The van der Waals surface area contributed by atoms with Crippen molar-refractivity contribution < 1.29 is 14.5 Å². The SMILES string of the molecule is Cc1c(NCN2C(=O)c3cccc([N+](=O)[O-])c3C2=O)c(=O)n(-c2ccccc2)n1C. The first kappa shape index (κ1) is 19.1. The van der Waals surface area contributed by atoms with Crippen LogP contribution in [0.5, 0.6) is 0 Å². The van der Waals surface area contributed by atoms with Crippen LogP contribution in [-0.4, -0.2) is 37.7 Å². The highest BCUT2D eigenvalue weighted by atomic mass is 16.6. The molecule has 0 bridgehead atoms. The van der Waals surface area contributed by atoms with Gasteiger partial charge in [-0.3, -0.25) is 34.1 Å². The van der Waals surface area contributed by atoms with E-state index >= 15 is 0 Å². The first-order valence-electron chi connectivity index (χ1n) is 9.04. The lowest BCUT2D eigenvalue weighted by Crippen LogP contribution is -2.35. The number of para-hydroxylation sites is 1. The van der Waals surface area contributed by atoms with E-state index < -0.39 is 22.4 Å². The number of carbonyl (C=O) groups is 2. The summed E-state index contributed by atoms with van der Waals surface area (Å²) < 4.78 is 3.12. The van der Waals surface area contributed by atoms with Crippen LogP contribution in [0.2, 0.25) is 0 Å². The van der Waals surface area contributed by atoms with Crippen LogP contribution < -0.4 is 10.9 Å². The van der Waals surface area contributed by atoms with Crippen molar-refractivity contribution in [1.82, 2.24) is 14.3 Å². The number of imide groups is 1. The molecule has 4 rings (SSSR count). The van der Waals surface area contributed by atoms with Gasteiger partial charge in [0.1, 0.15) is 11.3 Å². The second-order valence-electron chi connectivity index (χ2n) is 6.77. The predicted molar refractivity (Wildman–Crippen MR) is 108 cm³/mol. The van der Waals surface area contributed by atoms with Gasteiger partial charge in [0, 0.05) is 13.1 Å². The summed E-state index contributed by atoms with van der Waals surface area (Å²) in [7, 11) is 1.72. The van der Waals surface area contributed by atoms with Crippen molar-refractivity contribution in [1.29, 1.82) is 0 Å². The lowest BCUT2D eigenvalue weighted by atomic mass is 10.1. The van der Waals surface area contributed by atoms with Crippen molar-refractivity contribution in [2.45, 2.75) is 6.92 Å². The molecule has 0 saturated carbocycles. The van der Waals surface area contributed by atoms with E-state index in [9.17, 15) is 24.5 Å². The molecule has 0 radical (unpaired) electrons. The molecule has 3 aromatic rings. The number of nitrogens with one attached hydrogen (secondary N) is 1. The number of amides is 2. The van der Waals surface area contributed by atoms with Crippen LogP contribution in [0.3, 0.4) is 0 Å². The van der Waals surface area contributed by atoms with Crippen molar-refractivity contribution in [3.63, 3.8) is 0 Å². The second-order valence-corrected chi connectivity index (χ2v) is 6.77. The standard InChI is InChI=1S/C20H17N5O5/c1-12-17(20(28)24(22(12)2)13-7-4-3-5-8-13)21-11-23-18(26)14-9-6-10-15(25(29)30)16(14)19(23)27/h3-10,21H,11H2,1-2H3. The molecule has 1 aliphatic rings. The number of aromatic nitrogens is 2. The normalized spacial score (nSPS) is 12.9. The quantitative estimate of drug-likeness (QED) is 0.393. The van der Waals surface area contributed by atoms with Gasteiger partial charge in [-0.25, -0.2) is 4.68 Å². The molecule has 0 unspecified atom stereocenters. The highest BCUT2D eigenvalue weighted by molar-refractivity contribution is 6.23. The van der Waals surface area contributed by atoms with Crippen LogP contribution in [0.1, 0.15) is 26.4 Å². The third kappa shape index (κ3) is 2.77. The zero-order chi connectivity index (χ0) is 21.6. The van der Waals surface area contributed by atoms with E-state index in [0.29, 0.717) is 11.4 Å². The minimum atomic E-state index is -0.772. The minimum Gasteiger partial charge on any atom is -0.361 e. The Morgan fingerprint density at radius 2 is 1.70 bits per heavy atom. The predicted octanol–water partition coefficient (Wildman–Crippen LogP) is 2.06. The zero-order valence-corrected chi connectivity index (χ0v) is 16.2. The van der Waals surface area contributed by atoms with Crippen LogP contribution in [0, 0.1) is 17.0 Å². The zero-order valence-electron chi connectivity index (χ0n) is 16.2. The molecule has 1 N–H and O–H groups in total. The van der Waals surface area contributed by atoms with E-state index in [0.717, 1.165) is 4.90 Å². The summed E-state index contributed by atoms with van der Waals surface area (Å²) in [6, 6.07) is 12.9. The number of nitrogens with zero attached hydrogens (tertiary/aromatic N) is 4. The average molecular weight is 407 g/mol. The molecule has 0 atom stereocenters. The van der Waals surface area contributed by atoms with Crippen molar-refractivity contribution in [2.75, 3.05) is 12.0 Å². The van der Waals surface area contributed by atoms with Gasteiger partial charge in [-0.05, 0) is 25.1 Å². The highest BCUT2D eigenvalue weighted by Gasteiger charge is 2.40. The third-order valence-corrected chi connectivity index (χ3v) is 5.14. The van der Waals surface area contributed by atoms with Gasteiger partial charge in [0.05, 0.1) is 28.5 Å². The van der Waals surface area contributed by atoms with Crippen molar-refractivity contribution in [3.05, 3.63) is 85.8 Å². The Labute approximate surface area is 170 Å². The molecule has 1 aromatic heterocycles. The van der Waals surface area contributed by atoms with Crippen molar-refractivity contribution >= 4 is 23.2 Å². The molecule has 2 aromatic carbocycles. The van der Waals surface area contributed by atoms with E-state index in [-0.39, 0.29) is 29.0 Å². The number of carbonyl (C=O) groups excluding carboxylic acids is 2. The van der Waals surface area contributed by atoms with Gasteiger partial charge in [-0.2, -0.15) is 0 Å². The number of nitro groups is 1. The van der Waals surface area contributed by atoms with E-state index in [4.69, 9.17) is 0 Å². The number of nitro benzene ring substituents is 1. The molecule has 1 aliphatic heterocycles.